The van der Waals surface area contributed by atoms with Crippen LogP contribution in [0.2, 0.25) is 0 Å². The number of rotatable bonds is 0. The summed E-state index contributed by atoms with van der Waals surface area (Å²) in [4.78, 5) is 0. The molecule has 0 aliphatic carbocycles. The van der Waals surface area contributed by atoms with Gasteiger partial charge in [0.15, 0.2) is 0 Å². The van der Waals surface area contributed by atoms with E-state index < -0.39 is 0 Å². The van der Waals surface area contributed by atoms with Gasteiger partial charge in [-0.15, -0.1) is 15.9 Å². The molecule has 9 heavy (non-hydrogen) atoms. The Morgan fingerprint density at radius 2 is 1.33 bits per heavy atom. The van der Waals surface area contributed by atoms with Crippen LogP contribution in [-0.4, -0.2) is 0 Å². The third-order valence-corrected chi connectivity index (χ3v) is 3.33. The molecule has 1 aromatic heterocycles. The monoisotopic (exact) mass is 252 g/mol. The summed E-state index contributed by atoms with van der Waals surface area (Å²) in [6, 6.07) is 0. The fraction of sp³-hybridized carbons (Fsp3) is 0. The zero-order valence-electron chi connectivity index (χ0n) is 5.16. The average molecular weight is 254 g/mol. The van der Waals surface area contributed by atoms with Crippen LogP contribution < -0.4 is 37.7 Å². The van der Waals surface area contributed by atoms with Gasteiger partial charge < -0.3 is 16.7 Å². The standard InChI is InChI=1S/C4Br2S.2Li/c5-3-1-7-2-4(3)6;;/q-2;2*+1. The summed E-state index contributed by atoms with van der Waals surface area (Å²) in [5.74, 6) is 0. The summed E-state index contributed by atoms with van der Waals surface area (Å²) in [5, 5.41) is 5.85. The Kier molecular flexibility index (Phi) is 9.80. The van der Waals surface area contributed by atoms with Crippen molar-refractivity contribution in [1.82, 2.24) is 0 Å². The van der Waals surface area contributed by atoms with Gasteiger partial charge in [0.05, 0.1) is 0 Å². The zero-order valence-corrected chi connectivity index (χ0v) is 9.15. The van der Waals surface area contributed by atoms with Gasteiger partial charge in [-0.05, 0) is 0 Å². The second-order valence-corrected chi connectivity index (χ2v) is 3.13. The molecule has 0 bridgehead atoms. The van der Waals surface area contributed by atoms with E-state index in [0.29, 0.717) is 0 Å². The van der Waals surface area contributed by atoms with E-state index in [9.17, 15) is 0 Å². The van der Waals surface area contributed by atoms with E-state index in [1.54, 1.807) is 0 Å². The first kappa shape index (κ1) is 13.4. The van der Waals surface area contributed by atoms with Crippen LogP contribution in [0.4, 0.5) is 0 Å². The normalized spacial score (nSPS) is 7.33. The summed E-state index contributed by atoms with van der Waals surface area (Å²) < 4.78 is 1.91. The van der Waals surface area contributed by atoms with Gasteiger partial charge in [-0.25, -0.2) is 20.4 Å². The topological polar surface area (TPSA) is 0 Å². The second kappa shape index (κ2) is 6.56. The van der Waals surface area contributed by atoms with Gasteiger partial charge in [0.2, 0.25) is 0 Å². The molecule has 0 fully saturated rings. The number of thiophene rings is 1. The molecule has 0 radical (unpaired) electrons. The van der Waals surface area contributed by atoms with Crippen molar-refractivity contribution in [1.29, 1.82) is 0 Å². The molecule has 0 unspecified atom stereocenters. The molecule has 0 nitrogen and oxygen atoms in total. The molecular weight excluding hydrogens is 254 g/mol. The summed E-state index contributed by atoms with van der Waals surface area (Å²) in [7, 11) is 0. The maximum atomic E-state index is 3.24. The zero-order chi connectivity index (χ0) is 5.28. The van der Waals surface area contributed by atoms with Crippen molar-refractivity contribution in [3.8, 4) is 0 Å². The van der Waals surface area contributed by atoms with Crippen LogP contribution in [0.5, 0.6) is 0 Å². The van der Waals surface area contributed by atoms with Crippen molar-refractivity contribution in [3.63, 3.8) is 0 Å². The Morgan fingerprint density at radius 3 is 1.44 bits per heavy atom. The third-order valence-electron chi connectivity index (χ3n) is 0.474. The van der Waals surface area contributed by atoms with Crippen LogP contribution in [0.1, 0.15) is 0 Å². The summed E-state index contributed by atoms with van der Waals surface area (Å²) in [6.07, 6.45) is 0. The largest absolute Gasteiger partial charge is 1.00 e. The van der Waals surface area contributed by atoms with E-state index in [1.165, 1.54) is 11.3 Å². The third kappa shape index (κ3) is 4.33. The Balaban J connectivity index is 0. The fourth-order valence-corrected chi connectivity index (χ4v) is 1.59. The number of hydrogen-bond donors (Lipinski definition) is 0. The van der Waals surface area contributed by atoms with Gasteiger partial charge in [0.25, 0.3) is 0 Å². The molecule has 0 amide bonds. The Bertz CT molecular complexity index is 149. The molecule has 38 valence electrons. The number of halogens is 2. The van der Waals surface area contributed by atoms with E-state index in [2.05, 4.69) is 42.6 Å². The number of hydrogen-bond acceptors (Lipinski definition) is 1. The first-order valence-corrected chi connectivity index (χ1v) is 3.94. The van der Waals surface area contributed by atoms with Gasteiger partial charge in [-0.3, -0.25) is 9.85 Å². The summed E-state index contributed by atoms with van der Waals surface area (Å²) in [5.41, 5.74) is 0. The quantitative estimate of drug-likeness (QED) is 0.339. The Labute approximate surface area is 99.4 Å². The van der Waals surface area contributed by atoms with E-state index in [0.717, 1.165) is 8.95 Å². The molecule has 0 aliphatic rings. The van der Waals surface area contributed by atoms with Crippen molar-refractivity contribution in [2.24, 2.45) is 0 Å². The van der Waals surface area contributed by atoms with Crippen LogP contribution in [0, 0.1) is 10.8 Å². The molecule has 0 saturated carbocycles. The molecule has 0 spiro atoms. The SMILES string of the molecule is Brc1[c-]s[c-]c1Br.[Li+].[Li+]. The van der Waals surface area contributed by atoms with Gasteiger partial charge >= 0.3 is 37.7 Å². The van der Waals surface area contributed by atoms with Crippen LogP contribution in [-0.2, 0) is 0 Å². The van der Waals surface area contributed by atoms with Gasteiger partial charge in [0.1, 0.15) is 0 Å². The Morgan fingerprint density at radius 1 is 1.00 bits per heavy atom. The molecule has 0 aliphatic heterocycles. The molecular formula is C4Br2Li2S. The minimum atomic E-state index is 0. The summed E-state index contributed by atoms with van der Waals surface area (Å²) in [6.45, 7) is 0. The van der Waals surface area contributed by atoms with Crippen molar-refractivity contribution in [3.05, 3.63) is 19.7 Å². The van der Waals surface area contributed by atoms with E-state index >= 15 is 0 Å². The predicted octanol–water partition coefficient (Wildman–Crippen LogP) is -3.12. The smallest absolute Gasteiger partial charge is 0.472 e. The fourth-order valence-electron chi connectivity index (χ4n) is 0.205. The molecule has 0 atom stereocenters. The van der Waals surface area contributed by atoms with E-state index in [4.69, 9.17) is 0 Å². The molecule has 0 saturated heterocycles. The maximum Gasteiger partial charge on any atom is 1.00 e. The molecule has 1 aromatic rings. The summed E-state index contributed by atoms with van der Waals surface area (Å²) >= 11 is 7.91. The molecule has 1 rings (SSSR count). The van der Waals surface area contributed by atoms with Crippen molar-refractivity contribution >= 4 is 43.2 Å². The minimum absolute atomic E-state index is 0. The first-order chi connectivity index (χ1) is 3.30. The van der Waals surface area contributed by atoms with Crippen LogP contribution >= 0.6 is 43.2 Å². The first-order valence-electron chi connectivity index (χ1n) is 1.54. The van der Waals surface area contributed by atoms with E-state index in [1.807, 2.05) is 0 Å². The van der Waals surface area contributed by atoms with Crippen LogP contribution in [0.25, 0.3) is 0 Å². The molecule has 0 aromatic carbocycles. The van der Waals surface area contributed by atoms with Gasteiger partial charge in [0, 0.05) is 0 Å². The molecule has 1 heterocycles. The molecule has 0 N–H and O–H groups in total. The van der Waals surface area contributed by atoms with Crippen LogP contribution in [0.3, 0.4) is 0 Å². The van der Waals surface area contributed by atoms with Crippen LogP contribution in [0.15, 0.2) is 8.95 Å². The Hall–Kier alpha value is 1.85. The van der Waals surface area contributed by atoms with E-state index in [-0.39, 0.29) is 37.7 Å². The molecule has 5 heteroatoms. The van der Waals surface area contributed by atoms with Crippen molar-refractivity contribution < 1.29 is 37.7 Å². The van der Waals surface area contributed by atoms with Crippen molar-refractivity contribution in [2.75, 3.05) is 0 Å². The van der Waals surface area contributed by atoms with Gasteiger partial charge in [-0.2, -0.15) is 0 Å². The van der Waals surface area contributed by atoms with Gasteiger partial charge in [-0.1, -0.05) is 0 Å². The second-order valence-electron chi connectivity index (χ2n) is 0.934. The average Bonchev–Trinajstić information content (AvgIpc) is 1.91. The van der Waals surface area contributed by atoms with Crippen molar-refractivity contribution in [2.45, 2.75) is 0 Å². The predicted molar refractivity (Wildman–Crippen MR) is 37.4 cm³/mol. The maximum absolute atomic E-state index is 3.24. The minimum Gasteiger partial charge on any atom is -0.472 e.